The second-order valence-electron chi connectivity index (χ2n) is 6.97. The zero-order chi connectivity index (χ0) is 22.2. The fraction of sp³-hybridized carbons (Fsp3) is 0.200. The Kier molecular flexibility index (Phi) is 5.23. The summed E-state index contributed by atoms with van der Waals surface area (Å²) in [5.41, 5.74) is 1.67. The van der Waals surface area contributed by atoms with Crippen LogP contribution in [0.2, 0.25) is 0 Å². The Balaban J connectivity index is 1.48. The Morgan fingerprint density at radius 3 is 2.66 bits per heavy atom. The molecule has 0 aliphatic rings. The first-order chi connectivity index (χ1) is 15.5. The molecular weight excluding hydrogens is 448 g/mol. The number of rotatable bonds is 6. The largest absolute Gasteiger partial charge is 0.419 e. The summed E-state index contributed by atoms with van der Waals surface area (Å²) in [7, 11) is 1.83. The molecule has 0 saturated heterocycles. The number of para-hydroxylation sites is 1. The zero-order valence-electron chi connectivity index (χ0n) is 17.4. The van der Waals surface area contributed by atoms with E-state index in [1.165, 1.54) is 27.8 Å². The highest BCUT2D eigenvalue weighted by Gasteiger charge is 2.25. The van der Waals surface area contributed by atoms with Gasteiger partial charge in [-0.05, 0) is 47.9 Å². The van der Waals surface area contributed by atoms with E-state index in [4.69, 9.17) is 4.42 Å². The summed E-state index contributed by atoms with van der Waals surface area (Å²) in [5, 5.41) is 22.5. The maximum atomic E-state index is 13.3. The Morgan fingerprint density at radius 1 is 1.09 bits per heavy atom. The lowest BCUT2D eigenvalue weighted by Gasteiger charge is -2.07. The first-order valence-corrected chi connectivity index (χ1v) is 11.5. The number of tetrazole rings is 1. The summed E-state index contributed by atoms with van der Waals surface area (Å²) in [4.78, 5) is 14.2. The van der Waals surface area contributed by atoms with Crippen LogP contribution in [0.3, 0.4) is 0 Å². The highest BCUT2D eigenvalue weighted by atomic mass is 32.2. The Labute approximate surface area is 190 Å². The molecule has 0 bridgehead atoms. The Morgan fingerprint density at radius 2 is 1.91 bits per heavy atom. The molecule has 5 aromatic rings. The molecule has 1 unspecified atom stereocenters. The van der Waals surface area contributed by atoms with Crippen LogP contribution < -0.4 is 5.56 Å². The van der Waals surface area contributed by atoms with E-state index in [1.807, 2.05) is 68.7 Å². The van der Waals surface area contributed by atoms with E-state index < -0.39 is 0 Å². The van der Waals surface area contributed by atoms with Crippen LogP contribution in [0.15, 0.2) is 62.2 Å². The normalized spacial score (nSPS) is 12.3. The van der Waals surface area contributed by atoms with E-state index in [0.29, 0.717) is 22.6 Å². The van der Waals surface area contributed by atoms with Crippen LogP contribution in [0, 0.1) is 6.92 Å². The fourth-order valence-corrected chi connectivity index (χ4v) is 4.77. The van der Waals surface area contributed by atoms with Crippen molar-refractivity contribution < 1.29 is 4.42 Å². The van der Waals surface area contributed by atoms with Crippen LogP contribution in [-0.2, 0) is 7.05 Å². The van der Waals surface area contributed by atoms with Crippen LogP contribution in [0.4, 0.5) is 0 Å². The van der Waals surface area contributed by atoms with Gasteiger partial charge in [0.2, 0.25) is 11.0 Å². The average molecular weight is 467 g/mol. The number of hydrogen-bond acceptors (Lipinski definition) is 9. The molecule has 1 atom stereocenters. The van der Waals surface area contributed by atoms with E-state index in [9.17, 15) is 4.79 Å². The van der Waals surface area contributed by atoms with Crippen LogP contribution in [0.5, 0.6) is 0 Å². The molecule has 4 heterocycles. The zero-order valence-corrected chi connectivity index (χ0v) is 19.0. The van der Waals surface area contributed by atoms with Gasteiger partial charge in [0.1, 0.15) is 0 Å². The van der Waals surface area contributed by atoms with E-state index in [-0.39, 0.29) is 10.8 Å². The summed E-state index contributed by atoms with van der Waals surface area (Å²) in [6.07, 6.45) is 0. The van der Waals surface area contributed by atoms with Gasteiger partial charge in [-0.3, -0.25) is 9.48 Å². The topological polar surface area (TPSA) is 109 Å². The minimum Gasteiger partial charge on any atom is -0.419 e. The molecule has 0 aliphatic carbocycles. The third kappa shape index (κ3) is 3.46. The molecule has 162 valence electrons. The quantitative estimate of drug-likeness (QED) is 0.350. The highest BCUT2D eigenvalue weighted by molar-refractivity contribution is 7.99. The Bertz CT molecular complexity index is 1420. The molecule has 4 aromatic heterocycles. The van der Waals surface area contributed by atoms with Gasteiger partial charge in [0.25, 0.3) is 11.4 Å². The average Bonchev–Trinajstić information content (AvgIpc) is 3.58. The van der Waals surface area contributed by atoms with Gasteiger partial charge in [0.15, 0.2) is 5.69 Å². The van der Waals surface area contributed by atoms with E-state index in [0.717, 1.165) is 16.3 Å². The smallest absolute Gasteiger partial charge is 0.297 e. The molecule has 0 radical (unpaired) electrons. The predicted octanol–water partition coefficient (Wildman–Crippen LogP) is 3.42. The number of nitrogens with zero attached hydrogens (tertiary/aromatic N) is 8. The third-order valence-electron chi connectivity index (χ3n) is 4.98. The van der Waals surface area contributed by atoms with Gasteiger partial charge in [0.05, 0.1) is 21.5 Å². The van der Waals surface area contributed by atoms with E-state index in [1.54, 1.807) is 9.36 Å². The second-order valence-corrected chi connectivity index (χ2v) is 9.22. The van der Waals surface area contributed by atoms with Crippen molar-refractivity contribution in [2.24, 2.45) is 7.05 Å². The van der Waals surface area contributed by atoms with E-state index in [2.05, 4.69) is 25.7 Å². The number of thioether (sulfide) groups is 1. The third-order valence-corrected chi connectivity index (χ3v) is 6.86. The predicted molar refractivity (Wildman–Crippen MR) is 120 cm³/mol. The minimum atomic E-state index is -0.221. The van der Waals surface area contributed by atoms with Crippen LogP contribution >= 0.6 is 23.1 Å². The summed E-state index contributed by atoms with van der Waals surface area (Å²) < 4.78 is 10.7. The van der Waals surface area contributed by atoms with Crippen molar-refractivity contribution in [1.82, 2.24) is 39.8 Å². The molecule has 1 aromatic carbocycles. The monoisotopic (exact) mass is 466 g/mol. The molecule has 10 nitrogen and oxygen atoms in total. The molecule has 0 N–H and O–H groups in total. The molecule has 0 saturated carbocycles. The number of thiophene rings is 1. The van der Waals surface area contributed by atoms with Gasteiger partial charge >= 0.3 is 0 Å². The van der Waals surface area contributed by atoms with Crippen LogP contribution in [-0.4, -0.2) is 39.8 Å². The molecular formula is C20H18N8O2S2. The van der Waals surface area contributed by atoms with Crippen molar-refractivity contribution in [3.8, 4) is 22.1 Å². The van der Waals surface area contributed by atoms with E-state index >= 15 is 0 Å². The van der Waals surface area contributed by atoms with Gasteiger partial charge in [-0.15, -0.1) is 26.6 Å². The van der Waals surface area contributed by atoms with Gasteiger partial charge in [-0.1, -0.05) is 36.0 Å². The first kappa shape index (κ1) is 20.4. The van der Waals surface area contributed by atoms with Gasteiger partial charge in [-0.2, -0.15) is 4.68 Å². The summed E-state index contributed by atoms with van der Waals surface area (Å²) in [5.74, 6) is 0.936. The van der Waals surface area contributed by atoms with Crippen molar-refractivity contribution in [1.29, 1.82) is 0 Å². The van der Waals surface area contributed by atoms with Crippen molar-refractivity contribution >= 4 is 23.1 Å². The fourth-order valence-electron chi connectivity index (χ4n) is 3.30. The summed E-state index contributed by atoms with van der Waals surface area (Å²) in [6.45, 7) is 3.79. The maximum Gasteiger partial charge on any atom is 0.297 e. The minimum absolute atomic E-state index is 0.212. The molecule has 0 fully saturated rings. The summed E-state index contributed by atoms with van der Waals surface area (Å²) >= 11 is 2.87. The van der Waals surface area contributed by atoms with Crippen molar-refractivity contribution in [2.45, 2.75) is 24.3 Å². The number of hydrogen-bond donors (Lipinski definition) is 0. The highest BCUT2D eigenvalue weighted by Crippen LogP contribution is 2.35. The molecule has 32 heavy (non-hydrogen) atoms. The van der Waals surface area contributed by atoms with Gasteiger partial charge < -0.3 is 4.42 Å². The lowest BCUT2D eigenvalue weighted by atomic mass is 10.3. The lowest BCUT2D eigenvalue weighted by molar-refractivity contribution is 0.509. The molecule has 5 rings (SSSR count). The lowest BCUT2D eigenvalue weighted by Crippen LogP contribution is -2.22. The maximum absolute atomic E-state index is 13.3. The van der Waals surface area contributed by atoms with Crippen molar-refractivity contribution in [3.63, 3.8) is 0 Å². The SMILES string of the molecule is Cc1c(-n2nnnc2SC(C)c2nnc(-c3cccs3)o2)c(=O)n(-c2ccccc2)n1C. The van der Waals surface area contributed by atoms with Gasteiger partial charge in [-0.25, -0.2) is 4.68 Å². The van der Waals surface area contributed by atoms with Gasteiger partial charge in [0, 0.05) is 7.05 Å². The second kappa shape index (κ2) is 8.20. The number of aromatic nitrogens is 8. The summed E-state index contributed by atoms with van der Waals surface area (Å²) in [6, 6.07) is 13.3. The molecule has 0 aliphatic heterocycles. The standard InChI is InChI=1S/C20H18N8O2S2/c1-12-16(19(29)28(26(12)3)14-8-5-4-6-9-14)27-20(23-24-25-27)32-13(2)17-21-22-18(30-17)15-10-7-11-31-15/h4-11,13H,1-3H3. The molecule has 0 spiro atoms. The van der Waals surface area contributed by atoms with Crippen molar-refractivity contribution in [3.05, 3.63) is 69.8 Å². The Hall–Kier alpha value is -3.51. The van der Waals surface area contributed by atoms with Crippen LogP contribution in [0.1, 0.15) is 23.8 Å². The van der Waals surface area contributed by atoms with Crippen LogP contribution in [0.25, 0.3) is 22.1 Å². The number of benzene rings is 1. The molecule has 0 amide bonds. The first-order valence-electron chi connectivity index (χ1n) is 9.71. The van der Waals surface area contributed by atoms with Crippen molar-refractivity contribution in [2.75, 3.05) is 0 Å². The molecule has 12 heteroatoms.